The van der Waals surface area contributed by atoms with Crippen LogP contribution in [0, 0.1) is 5.92 Å². The summed E-state index contributed by atoms with van der Waals surface area (Å²) in [6.45, 7) is 1.74. The van der Waals surface area contributed by atoms with Crippen molar-refractivity contribution in [3.05, 3.63) is 35.4 Å². The predicted molar refractivity (Wildman–Crippen MR) is 77.9 cm³/mol. The van der Waals surface area contributed by atoms with Crippen molar-refractivity contribution in [3.63, 3.8) is 0 Å². The maximum Gasteiger partial charge on any atom is 0.249 e. The highest BCUT2D eigenvalue weighted by molar-refractivity contribution is 5.94. The molecule has 1 aliphatic rings. The Balaban J connectivity index is 1.69. The minimum absolute atomic E-state index is 0.344. The molecule has 3 nitrogen and oxygen atoms in total. The monoisotopic (exact) mass is 260 g/mol. The number of nitrogens with one attached hydrogen (secondary N) is 1. The van der Waals surface area contributed by atoms with Crippen molar-refractivity contribution in [3.8, 4) is 0 Å². The van der Waals surface area contributed by atoms with E-state index in [1.54, 1.807) is 6.07 Å². The normalized spacial score (nSPS) is 15.8. The Labute approximate surface area is 115 Å². The molecule has 2 rings (SSSR count). The van der Waals surface area contributed by atoms with E-state index in [4.69, 9.17) is 5.73 Å². The third kappa shape index (κ3) is 4.35. The Kier molecular flexibility index (Phi) is 5.40. The van der Waals surface area contributed by atoms with Crippen LogP contribution in [-0.4, -0.2) is 12.5 Å². The first kappa shape index (κ1) is 14.1. The summed E-state index contributed by atoms with van der Waals surface area (Å²) >= 11 is 0. The van der Waals surface area contributed by atoms with E-state index < -0.39 is 0 Å². The Morgan fingerprint density at radius 2 is 2.00 bits per heavy atom. The molecule has 0 radical (unpaired) electrons. The van der Waals surface area contributed by atoms with Gasteiger partial charge in [0.05, 0.1) is 0 Å². The number of carbonyl (C=O) groups is 1. The van der Waals surface area contributed by atoms with Gasteiger partial charge >= 0.3 is 0 Å². The lowest BCUT2D eigenvalue weighted by atomic mass is 10.0. The van der Waals surface area contributed by atoms with Crippen LogP contribution in [0.15, 0.2) is 24.3 Å². The molecular weight excluding hydrogens is 236 g/mol. The van der Waals surface area contributed by atoms with Gasteiger partial charge in [0.25, 0.3) is 0 Å². The third-order valence-electron chi connectivity index (χ3n) is 4.04. The van der Waals surface area contributed by atoms with Gasteiger partial charge in [-0.05, 0) is 36.9 Å². The summed E-state index contributed by atoms with van der Waals surface area (Å²) in [5, 5.41) is 3.41. The molecule has 0 heterocycles. The van der Waals surface area contributed by atoms with Crippen LogP contribution >= 0.6 is 0 Å². The molecule has 1 aromatic carbocycles. The first-order valence-corrected chi connectivity index (χ1v) is 7.36. The molecule has 3 heteroatoms. The maximum absolute atomic E-state index is 11.3. The Morgan fingerprint density at radius 1 is 1.26 bits per heavy atom. The number of hydrogen-bond acceptors (Lipinski definition) is 2. The number of amides is 1. The van der Waals surface area contributed by atoms with Gasteiger partial charge in [-0.15, -0.1) is 0 Å². The van der Waals surface area contributed by atoms with E-state index in [-0.39, 0.29) is 5.91 Å². The summed E-state index contributed by atoms with van der Waals surface area (Å²) in [6.07, 6.45) is 8.25. The summed E-state index contributed by atoms with van der Waals surface area (Å²) in [5.41, 5.74) is 6.99. The van der Waals surface area contributed by atoms with E-state index in [2.05, 4.69) is 5.32 Å². The van der Waals surface area contributed by atoms with E-state index >= 15 is 0 Å². The van der Waals surface area contributed by atoms with Gasteiger partial charge in [-0.3, -0.25) is 4.79 Å². The van der Waals surface area contributed by atoms with Gasteiger partial charge in [-0.1, -0.05) is 43.9 Å². The maximum atomic E-state index is 11.3. The van der Waals surface area contributed by atoms with Crippen LogP contribution in [0.1, 0.15) is 54.4 Å². The first-order chi connectivity index (χ1) is 9.27. The highest BCUT2D eigenvalue weighted by atomic mass is 16.1. The zero-order chi connectivity index (χ0) is 13.5. The average molecular weight is 260 g/mol. The third-order valence-corrected chi connectivity index (χ3v) is 4.04. The largest absolute Gasteiger partial charge is 0.366 e. The molecule has 1 saturated carbocycles. The number of rotatable bonds is 7. The van der Waals surface area contributed by atoms with Gasteiger partial charge in [0.15, 0.2) is 0 Å². The van der Waals surface area contributed by atoms with Crippen LogP contribution in [0.5, 0.6) is 0 Å². The van der Waals surface area contributed by atoms with Crippen LogP contribution in [0.2, 0.25) is 0 Å². The molecule has 0 saturated heterocycles. The van der Waals surface area contributed by atoms with Gasteiger partial charge in [-0.2, -0.15) is 0 Å². The van der Waals surface area contributed by atoms with Crippen molar-refractivity contribution in [2.75, 3.05) is 6.54 Å². The molecule has 3 N–H and O–H groups in total. The predicted octanol–water partition coefficient (Wildman–Crippen LogP) is 2.85. The van der Waals surface area contributed by atoms with Crippen molar-refractivity contribution in [2.45, 2.75) is 45.1 Å². The van der Waals surface area contributed by atoms with Crippen LogP contribution < -0.4 is 11.1 Å². The smallest absolute Gasteiger partial charge is 0.249 e. The van der Waals surface area contributed by atoms with Gasteiger partial charge in [0.2, 0.25) is 5.91 Å². The zero-order valence-corrected chi connectivity index (χ0v) is 11.5. The summed E-state index contributed by atoms with van der Waals surface area (Å²) in [5.74, 6) is 0.614. The quantitative estimate of drug-likeness (QED) is 0.741. The fourth-order valence-corrected chi connectivity index (χ4v) is 2.95. The molecule has 0 atom stereocenters. The molecule has 1 aliphatic carbocycles. The number of benzene rings is 1. The number of nitrogens with two attached hydrogens (primary N) is 1. The molecule has 1 amide bonds. The van der Waals surface area contributed by atoms with E-state index in [0.29, 0.717) is 5.56 Å². The van der Waals surface area contributed by atoms with E-state index in [1.807, 2.05) is 18.2 Å². The minimum Gasteiger partial charge on any atom is -0.366 e. The highest BCUT2D eigenvalue weighted by Crippen LogP contribution is 2.28. The molecule has 0 aliphatic heterocycles. The summed E-state index contributed by atoms with van der Waals surface area (Å²) in [6, 6.07) is 7.55. The second kappa shape index (κ2) is 7.29. The number of carbonyl (C=O) groups excluding carboxylic acids is 1. The molecule has 19 heavy (non-hydrogen) atoms. The molecule has 1 fully saturated rings. The lowest BCUT2D eigenvalue weighted by Crippen LogP contribution is -2.20. The highest BCUT2D eigenvalue weighted by Gasteiger charge is 2.13. The van der Waals surface area contributed by atoms with E-state index in [1.165, 1.54) is 38.5 Å². The standard InChI is InChI=1S/C16H24N2O/c17-16(19)15-10-4-3-9-14(15)12-18-11-5-8-13-6-1-2-7-13/h3-4,9-10,13,18H,1-2,5-8,11-12H2,(H2,17,19). The molecule has 0 bridgehead atoms. The molecule has 0 spiro atoms. The van der Waals surface area contributed by atoms with Crippen molar-refractivity contribution < 1.29 is 4.79 Å². The lowest BCUT2D eigenvalue weighted by molar-refractivity contribution is 0.0999. The Bertz CT molecular complexity index is 411. The first-order valence-electron chi connectivity index (χ1n) is 7.36. The topological polar surface area (TPSA) is 55.1 Å². The molecular formula is C16H24N2O. The number of hydrogen-bond donors (Lipinski definition) is 2. The lowest BCUT2D eigenvalue weighted by Gasteiger charge is -2.10. The van der Waals surface area contributed by atoms with E-state index in [0.717, 1.165) is 24.6 Å². The average Bonchev–Trinajstić information content (AvgIpc) is 2.92. The van der Waals surface area contributed by atoms with Crippen LogP contribution in [-0.2, 0) is 6.54 Å². The van der Waals surface area contributed by atoms with Crippen molar-refractivity contribution in [2.24, 2.45) is 11.7 Å². The second-order valence-corrected chi connectivity index (χ2v) is 5.49. The molecule has 104 valence electrons. The SMILES string of the molecule is NC(=O)c1ccccc1CNCCCC1CCCC1. The second-order valence-electron chi connectivity index (χ2n) is 5.49. The summed E-state index contributed by atoms with van der Waals surface area (Å²) < 4.78 is 0. The minimum atomic E-state index is -0.344. The Morgan fingerprint density at radius 3 is 2.74 bits per heavy atom. The fourth-order valence-electron chi connectivity index (χ4n) is 2.95. The fraction of sp³-hybridized carbons (Fsp3) is 0.562. The van der Waals surface area contributed by atoms with Crippen molar-refractivity contribution in [1.29, 1.82) is 0 Å². The van der Waals surface area contributed by atoms with Gasteiger partial charge in [0.1, 0.15) is 0 Å². The Hall–Kier alpha value is -1.35. The van der Waals surface area contributed by atoms with Crippen molar-refractivity contribution >= 4 is 5.91 Å². The summed E-state index contributed by atoms with van der Waals surface area (Å²) in [7, 11) is 0. The zero-order valence-electron chi connectivity index (χ0n) is 11.5. The van der Waals surface area contributed by atoms with E-state index in [9.17, 15) is 4.79 Å². The van der Waals surface area contributed by atoms with Crippen LogP contribution in [0.3, 0.4) is 0 Å². The van der Waals surface area contributed by atoms with Gasteiger partial charge in [0, 0.05) is 12.1 Å². The van der Waals surface area contributed by atoms with Crippen LogP contribution in [0.25, 0.3) is 0 Å². The molecule has 1 aromatic rings. The molecule has 0 aromatic heterocycles. The number of primary amides is 1. The van der Waals surface area contributed by atoms with Gasteiger partial charge < -0.3 is 11.1 Å². The van der Waals surface area contributed by atoms with Crippen LogP contribution in [0.4, 0.5) is 0 Å². The molecule has 0 unspecified atom stereocenters. The van der Waals surface area contributed by atoms with Gasteiger partial charge in [-0.25, -0.2) is 0 Å². The van der Waals surface area contributed by atoms with Crippen molar-refractivity contribution in [1.82, 2.24) is 5.32 Å². The summed E-state index contributed by atoms with van der Waals surface area (Å²) in [4.78, 5) is 11.3.